The van der Waals surface area contributed by atoms with Gasteiger partial charge in [0.15, 0.2) is 9.84 Å². The molecule has 23 heavy (non-hydrogen) atoms. The van der Waals surface area contributed by atoms with E-state index in [1.807, 2.05) is 30.3 Å². The SMILES string of the molecule is O=C(CCS(=O)(=O)c1ccccc1)NCCOc1ccccc1. The Labute approximate surface area is 136 Å². The van der Waals surface area contributed by atoms with Gasteiger partial charge in [-0.2, -0.15) is 0 Å². The third kappa shape index (κ3) is 5.75. The van der Waals surface area contributed by atoms with Crippen molar-refractivity contribution >= 4 is 15.7 Å². The molecule has 0 unspecified atom stereocenters. The number of carbonyl (C=O) groups excluding carboxylic acids is 1. The van der Waals surface area contributed by atoms with Crippen LogP contribution in [0.2, 0.25) is 0 Å². The maximum atomic E-state index is 12.0. The van der Waals surface area contributed by atoms with Crippen LogP contribution in [0.5, 0.6) is 5.75 Å². The standard InChI is InChI=1S/C17H19NO4S/c19-17(18-12-13-22-15-7-3-1-4-8-15)11-14-23(20,21)16-9-5-2-6-10-16/h1-10H,11-14H2,(H,18,19). The van der Waals surface area contributed by atoms with Gasteiger partial charge in [-0.05, 0) is 24.3 Å². The van der Waals surface area contributed by atoms with E-state index >= 15 is 0 Å². The van der Waals surface area contributed by atoms with E-state index in [4.69, 9.17) is 4.74 Å². The molecule has 5 nitrogen and oxygen atoms in total. The van der Waals surface area contributed by atoms with E-state index < -0.39 is 9.84 Å². The highest BCUT2D eigenvalue weighted by molar-refractivity contribution is 7.91. The summed E-state index contributed by atoms with van der Waals surface area (Å²) < 4.78 is 29.5. The normalized spacial score (nSPS) is 11.0. The van der Waals surface area contributed by atoms with Gasteiger partial charge in [0.25, 0.3) is 0 Å². The van der Waals surface area contributed by atoms with Crippen molar-refractivity contribution < 1.29 is 17.9 Å². The molecule has 0 spiro atoms. The van der Waals surface area contributed by atoms with Gasteiger partial charge in [0.1, 0.15) is 12.4 Å². The Morgan fingerprint density at radius 3 is 2.22 bits per heavy atom. The number of para-hydroxylation sites is 1. The molecule has 0 aliphatic rings. The zero-order valence-corrected chi connectivity index (χ0v) is 13.5. The van der Waals surface area contributed by atoms with E-state index in [9.17, 15) is 13.2 Å². The highest BCUT2D eigenvalue weighted by Crippen LogP contribution is 2.11. The first kappa shape index (κ1) is 17.0. The molecule has 1 N–H and O–H groups in total. The predicted octanol–water partition coefficient (Wildman–Crippen LogP) is 2.05. The van der Waals surface area contributed by atoms with Gasteiger partial charge in [-0.3, -0.25) is 4.79 Å². The molecule has 0 saturated carbocycles. The minimum Gasteiger partial charge on any atom is -0.492 e. The van der Waals surface area contributed by atoms with Crippen molar-refractivity contribution in [2.45, 2.75) is 11.3 Å². The van der Waals surface area contributed by atoms with Crippen LogP contribution in [0.1, 0.15) is 6.42 Å². The zero-order chi connectivity index (χ0) is 16.5. The van der Waals surface area contributed by atoms with E-state index in [-0.39, 0.29) is 23.0 Å². The molecule has 6 heteroatoms. The van der Waals surface area contributed by atoms with Gasteiger partial charge >= 0.3 is 0 Å². The topological polar surface area (TPSA) is 72.5 Å². The monoisotopic (exact) mass is 333 g/mol. The van der Waals surface area contributed by atoms with E-state index in [1.165, 1.54) is 12.1 Å². The average molecular weight is 333 g/mol. The summed E-state index contributed by atoms with van der Waals surface area (Å²) in [6.07, 6.45) is -0.0669. The quantitative estimate of drug-likeness (QED) is 0.751. The fraction of sp³-hybridized carbons (Fsp3) is 0.235. The lowest BCUT2D eigenvalue weighted by Crippen LogP contribution is -2.29. The summed E-state index contributed by atoms with van der Waals surface area (Å²) in [7, 11) is -3.42. The van der Waals surface area contributed by atoms with Gasteiger partial charge in [-0.1, -0.05) is 36.4 Å². The Morgan fingerprint density at radius 2 is 1.57 bits per heavy atom. The minimum atomic E-state index is -3.42. The van der Waals surface area contributed by atoms with Gasteiger partial charge in [-0.25, -0.2) is 8.42 Å². The summed E-state index contributed by atoms with van der Waals surface area (Å²) in [6.45, 7) is 0.667. The smallest absolute Gasteiger partial charge is 0.221 e. The zero-order valence-electron chi connectivity index (χ0n) is 12.6. The molecule has 122 valence electrons. The number of hydrogen-bond donors (Lipinski definition) is 1. The van der Waals surface area contributed by atoms with Gasteiger partial charge in [0.2, 0.25) is 5.91 Å². The highest BCUT2D eigenvalue weighted by atomic mass is 32.2. The van der Waals surface area contributed by atoms with Gasteiger partial charge in [0.05, 0.1) is 17.2 Å². The lowest BCUT2D eigenvalue weighted by Gasteiger charge is -2.08. The highest BCUT2D eigenvalue weighted by Gasteiger charge is 2.15. The van der Waals surface area contributed by atoms with Gasteiger partial charge in [0, 0.05) is 6.42 Å². The first-order valence-corrected chi connectivity index (χ1v) is 8.95. The van der Waals surface area contributed by atoms with E-state index in [1.54, 1.807) is 18.2 Å². The van der Waals surface area contributed by atoms with Crippen LogP contribution >= 0.6 is 0 Å². The predicted molar refractivity (Wildman–Crippen MR) is 88.1 cm³/mol. The summed E-state index contributed by atoms with van der Waals surface area (Å²) >= 11 is 0. The number of benzene rings is 2. The Bertz CT molecular complexity index is 715. The molecular formula is C17H19NO4S. The van der Waals surface area contributed by atoms with E-state index in [0.717, 1.165) is 5.75 Å². The second kappa shape index (κ2) is 8.33. The molecule has 1 amide bonds. The average Bonchev–Trinajstić information content (AvgIpc) is 2.59. The van der Waals surface area contributed by atoms with Crippen LogP contribution in [-0.2, 0) is 14.6 Å². The second-order valence-corrected chi connectivity index (χ2v) is 7.00. The Balaban J connectivity index is 1.69. The molecule has 0 bridgehead atoms. The Kier molecular flexibility index (Phi) is 6.17. The van der Waals surface area contributed by atoms with Crippen LogP contribution in [0.15, 0.2) is 65.6 Å². The van der Waals surface area contributed by atoms with Gasteiger partial charge < -0.3 is 10.1 Å². The van der Waals surface area contributed by atoms with Crippen LogP contribution in [0.4, 0.5) is 0 Å². The number of ether oxygens (including phenoxy) is 1. The van der Waals surface area contributed by atoms with Gasteiger partial charge in [-0.15, -0.1) is 0 Å². The van der Waals surface area contributed by atoms with Crippen molar-refractivity contribution in [1.82, 2.24) is 5.32 Å². The summed E-state index contributed by atoms with van der Waals surface area (Å²) in [5.74, 6) is 0.220. The maximum absolute atomic E-state index is 12.0. The summed E-state index contributed by atoms with van der Waals surface area (Å²) in [6, 6.07) is 17.4. The number of carbonyl (C=O) groups is 1. The Hall–Kier alpha value is -2.34. The minimum absolute atomic E-state index is 0.0669. The largest absolute Gasteiger partial charge is 0.492 e. The molecule has 0 aliphatic heterocycles. The van der Waals surface area contributed by atoms with Crippen molar-refractivity contribution in [3.8, 4) is 5.75 Å². The molecule has 0 aliphatic carbocycles. The molecule has 0 heterocycles. The first-order chi connectivity index (χ1) is 11.1. The van der Waals surface area contributed by atoms with Crippen molar-refractivity contribution in [3.63, 3.8) is 0 Å². The fourth-order valence-corrected chi connectivity index (χ4v) is 3.20. The van der Waals surface area contributed by atoms with Crippen LogP contribution in [-0.4, -0.2) is 33.2 Å². The molecule has 2 aromatic carbocycles. The van der Waals surface area contributed by atoms with Crippen molar-refractivity contribution in [1.29, 1.82) is 0 Å². The van der Waals surface area contributed by atoms with Crippen LogP contribution < -0.4 is 10.1 Å². The first-order valence-electron chi connectivity index (χ1n) is 7.30. The maximum Gasteiger partial charge on any atom is 0.221 e. The lowest BCUT2D eigenvalue weighted by atomic mass is 10.3. The molecule has 2 rings (SSSR count). The van der Waals surface area contributed by atoms with Crippen LogP contribution in [0.25, 0.3) is 0 Å². The number of hydrogen-bond acceptors (Lipinski definition) is 4. The van der Waals surface area contributed by atoms with Crippen molar-refractivity contribution in [2.24, 2.45) is 0 Å². The number of sulfone groups is 1. The molecule has 0 saturated heterocycles. The molecule has 0 fully saturated rings. The third-order valence-electron chi connectivity index (χ3n) is 3.14. The lowest BCUT2D eigenvalue weighted by molar-refractivity contribution is -0.120. The molecule has 0 radical (unpaired) electrons. The number of amides is 1. The van der Waals surface area contributed by atoms with E-state index in [0.29, 0.717) is 13.2 Å². The molecular weight excluding hydrogens is 314 g/mol. The molecule has 0 aromatic heterocycles. The Morgan fingerprint density at radius 1 is 0.957 bits per heavy atom. The second-order valence-electron chi connectivity index (χ2n) is 4.89. The summed E-state index contributed by atoms with van der Waals surface area (Å²) in [5, 5.41) is 2.65. The van der Waals surface area contributed by atoms with Crippen LogP contribution in [0.3, 0.4) is 0 Å². The summed E-state index contributed by atoms with van der Waals surface area (Å²) in [4.78, 5) is 11.9. The van der Waals surface area contributed by atoms with Crippen molar-refractivity contribution in [2.75, 3.05) is 18.9 Å². The fourth-order valence-electron chi connectivity index (χ4n) is 1.94. The third-order valence-corrected chi connectivity index (χ3v) is 4.87. The van der Waals surface area contributed by atoms with Crippen molar-refractivity contribution in [3.05, 3.63) is 60.7 Å². The molecule has 2 aromatic rings. The number of nitrogens with one attached hydrogen (secondary N) is 1. The van der Waals surface area contributed by atoms with Crippen LogP contribution in [0, 0.1) is 0 Å². The number of rotatable bonds is 8. The van der Waals surface area contributed by atoms with E-state index in [2.05, 4.69) is 5.32 Å². The summed E-state index contributed by atoms with van der Waals surface area (Å²) in [5.41, 5.74) is 0. The molecule has 0 atom stereocenters.